The van der Waals surface area contributed by atoms with Gasteiger partial charge in [0.15, 0.2) is 0 Å². The van der Waals surface area contributed by atoms with Crippen LogP contribution in [0.25, 0.3) is 0 Å². The molecule has 1 aliphatic rings. The van der Waals surface area contributed by atoms with Crippen LogP contribution < -0.4 is 11.1 Å². The summed E-state index contributed by atoms with van der Waals surface area (Å²) in [5.41, 5.74) is 8.51. The van der Waals surface area contributed by atoms with E-state index in [9.17, 15) is 9.59 Å². The molecule has 0 unspecified atom stereocenters. The van der Waals surface area contributed by atoms with Gasteiger partial charge in [0.1, 0.15) is 0 Å². The van der Waals surface area contributed by atoms with E-state index in [1.807, 2.05) is 60.4 Å². The number of nitrogens with one attached hydrogen (secondary N) is 1. The standard InChI is InChI=1S/C21H25N3O2S/c1-15-6-8-17(9-7-15)23-20(25)14-27-19-5-3-2-4-18(19)21(26)24-12-10-16(22)11-13-24/h2-9,16H,10-14,22H2,1H3,(H,23,25). The van der Waals surface area contributed by atoms with Crippen molar-refractivity contribution in [3.63, 3.8) is 0 Å². The molecular weight excluding hydrogens is 358 g/mol. The number of carbonyl (C=O) groups is 2. The van der Waals surface area contributed by atoms with Gasteiger partial charge in [0.25, 0.3) is 5.91 Å². The van der Waals surface area contributed by atoms with Crippen molar-refractivity contribution in [2.24, 2.45) is 5.73 Å². The molecule has 1 fully saturated rings. The summed E-state index contributed by atoms with van der Waals surface area (Å²) in [6.07, 6.45) is 1.67. The molecule has 0 saturated carbocycles. The minimum atomic E-state index is -0.0879. The third-order valence-electron chi connectivity index (χ3n) is 4.64. The first kappa shape index (κ1) is 19.5. The molecule has 0 bridgehead atoms. The summed E-state index contributed by atoms with van der Waals surface area (Å²) >= 11 is 1.39. The van der Waals surface area contributed by atoms with Gasteiger partial charge in [-0.25, -0.2) is 0 Å². The zero-order chi connectivity index (χ0) is 19.2. The first-order chi connectivity index (χ1) is 13.0. The smallest absolute Gasteiger partial charge is 0.254 e. The van der Waals surface area contributed by atoms with E-state index in [4.69, 9.17) is 5.73 Å². The summed E-state index contributed by atoms with van der Waals surface area (Å²) in [4.78, 5) is 27.8. The van der Waals surface area contributed by atoms with Crippen LogP contribution in [0.3, 0.4) is 0 Å². The summed E-state index contributed by atoms with van der Waals surface area (Å²) in [6, 6.07) is 15.4. The molecule has 6 heteroatoms. The van der Waals surface area contributed by atoms with Gasteiger partial charge in [0.05, 0.1) is 11.3 Å². The Labute approximate surface area is 164 Å². The average molecular weight is 384 g/mol. The Hall–Kier alpha value is -2.31. The normalized spacial score (nSPS) is 14.8. The second-order valence-corrected chi connectivity index (χ2v) is 7.85. The molecule has 2 amide bonds. The van der Waals surface area contributed by atoms with Crippen molar-refractivity contribution < 1.29 is 9.59 Å². The topological polar surface area (TPSA) is 75.4 Å². The molecule has 27 heavy (non-hydrogen) atoms. The Morgan fingerprint density at radius 1 is 1.11 bits per heavy atom. The first-order valence-electron chi connectivity index (χ1n) is 9.16. The van der Waals surface area contributed by atoms with Crippen molar-refractivity contribution in [2.75, 3.05) is 24.2 Å². The number of benzene rings is 2. The van der Waals surface area contributed by atoms with Gasteiger partial charge in [0, 0.05) is 29.7 Å². The first-order valence-corrected chi connectivity index (χ1v) is 10.1. The Kier molecular flexibility index (Phi) is 6.53. The molecule has 0 aromatic heterocycles. The van der Waals surface area contributed by atoms with Gasteiger partial charge >= 0.3 is 0 Å². The molecule has 2 aromatic carbocycles. The number of hydrogen-bond acceptors (Lipinski definition) is 4. The van der Waals surface area contributed by atoms with E-state index in [-0.39, 0.29) is 23.6 Å². The molecule has 0 radical (unpaired) electrons. The van der Waals surface area contributed by atoms with Gasteiger partial charge in [-0.1, -0.05) is 29.8 Å². The molecule has 1 heterocycles. The monoisotopic (exact) mass is 383 g/mol. The van der Waals surface area contributed by atoms with Gasteiger partial charge in [-0.05, 0) is 44.0 Å². The fourth-order valence-corrected chi connectivity index (χ4v) is 3.86. The van der Waals surface area contributed by atoms with Crippen molar-refractivity contribution >= 4 is 29.3 Å². The number of amides is 2. The highest BCUT2D eigenvalue weighted by molar-refractivity contribution is 8.00. The highest BCUT2D eigenvalue weighted by atomic mass is 32.2. The lowest BCUT2D eigenvalue weighted by atomic mass is 10.0. The quantitative estimate of drug-likeness (QED) is 0.777. The number of likely N-dealkylation sites (tertiary alicyclic amines) is 1. The number of hydrogen-bond donors (Lipinski definition) is 2. The third kappa shape index (κ3) is 5.34. The summed E-state index contributed by atoms with van der Waals surface area (Å²) < 4.78 is 0. The number of carbonyl (C=O) groups excluding carboxylic acids is 2. The third-order valence-corrected chi connectivity index (χ3v) is 5.71. The summed E-state index contributed by atoms with van der Waals surface area (Å²) in [7, 11) is 0. The van der Waals surface area contributed by atoms with Gasteiger partial charge in [-0.3, -0.25) is 9.59 Å². The minimum Gasteiger partial charge on any atom is -0.338 e. The largest absolute Gasteiger partial charge is 0.338 e. The maximum atomic E-state index is 12.9. The summed E-state index contributed by atoms with van der Waals surface area (Å²) in [5.74, 6) is 0.183. The second kappa shape index (κ2) is 9.06. The highest BCUT2D eigenvalue weighted by Crippen LogP contribution is 2.25. The van der Waals surface area contributed by atoms with Crippen LogP contribution in [0.2, 0.25) is 0 Å². The molecule has 1 aliphatic heterocycles. The zero-order valence-corrected chi connectivity index (χ0v) is 16.3. The molecule has 1 saturated heterocycles. The van der Waals surface area contributed by atoms with Crippen molar-refractivity contribution in [3.8, 4) is 0 Å². The lowest BCUT2D eigenvalue weighted by molar-refractivity contribution is -0.113. The average Bonchev–Trinajstić information content (AvgIpc) is 2.68. The predicted octanol–water partition coefficient (Wildman–Crippen LogP) is 3.29. The predicted molar refractivity (Wildman–Crippen MR) is 110 cm³/mol. The summed E-state index contributed by atoms with van der Waals surface area (Å²) in [5, 5.41) is 2.89. The van der Waals surface area contributed by atoms with Crippen LogP contribution in [0, 0.1) is 6.92 Å². The molecule has 0 atom stereocenters. The fourth-order valence-electron chi connectivity index (χ4n) is 3.02. The molecule has 3 rings (SSSR count). The van der Waals surface area contributed by atoms with E-state index in [2.05, 4.69) is 5.32 Å². The van der Waals surface area contributed by atoms with E-state index in [0.29, 0.717) is 18.7 Å². The highest BCUT2D eigenvalue weighted by Gasteiger charge is 2.23. The van der Waals surface area contributed by atoms with Gasteiger partial charge in [0.2, 0.25) is 5.91 Å². The number of piperidine rings is 1. The molecule has 0 aliphatic carbocycles. The van der Waals surface area contributed by atoms with E-state index < -0.39 is 0 Å². The second-order valence-electron chi connectivity index (χ2n) is 6.83. The summed E-state index contributed by atoms with van der Waals surface area (Å²) in [6.45, 7) is 3.38. The number of nitrogens with two attached hydrogens (primary N) is 1. The minimum absolute atomic E-state index is 0.0175. The molecule has 2 aromatic rings. The van der Waals surface area contributed by atoms with Crippen molar-refractivity contribution in [1.29, 1.82) is 0 Å². The van der Waals surface area contributed by atoms with Gasteiger partial charge in [-0.15, -0.1) is 11.8 Å². The number of rotatable bonds is 5. The molecular formula is C21H25N3O2S. The Balaban J connectivity index is 1.61. The fraction of sp³-hybridized carbons (Fsp3) is 0.333. The Morgan fingerprint density at radius 2 is 1.78 bits per heavy atom. The van der Waals surface area contributed by atoms with Crippen molar-refractivity contribution in [2.45, 2.75) is 30.7 Å². The van der Waals surface area contributed by atoms with E-state index in [1.165, 1.54) is 11.8 Å². The number of nitrogens with zero attached hydrogens (tertiary/aromatic N) is 1. The lowest BCUT2D eigenvalue weighted by Gasteiger charge is -2.30. The van der Waals surface area contributed by atoms with Crippen LogP contribution in [0.15, 0.2) is 53.4 Å². The van der Waals surface area contributed by atoms with Crippen LogP contribution in [-0.4, -0.2) is 41.6 Å². The van der Waals surface area contributed by atoms with Crippen molar-refractivity contribution in [1.82, 2.24) is 4.90 Å². The maximum Gasteiger partial charge on any atom is 0.254 e. The number of anilines is 1. The van der Waals surface area contributed by atoms with E-state index in [1.54, 1.807) is 0 Å². The molecule has 0 spiro atoms. The van der Waals surface area contributed by atoms with Gasteiger partial charge < -0.3 is 16.0 Å². The van der Waals surface area contributed by atoms with Crippen LogP contribution in [0.1, 0.15) is 28.8 Å². The molecule has 5 nitrogen and oxygen atoms in total. The zero-order valence-electron chi connectivity index (χ0n) is 15.5. The Bertz CT molecular complexity index is 799. The van der Waals surface area contributed by atoms with Crippen LogP contribution in [-0.2, 0) is 4.79 Å². The Morgan fingerprint density at radius 3 is 2.48 bits per heavy atom. The SMILES string of the molecule is Cc1ccc(NC(=O)CSc2ccccc2C(=O)N2CCC(N)CC2)cc1. The van der Waals surface area contributed by atoms with E-state index >= 15 is 0 Å². The lowest BCUT2D eigenvalue weighted by Crippen LogP contribution is -2.43. The van der Waals surface area contributed by atoms with E-state index in [0.717, 1.165) is 29.0 Å². The van der Waals surface area contributed by atoms with Crippen molar-refractivity contribution in [3.05, 3.63) is 59.7 Å². The van der Waals surface area contributed by atoms with Crippen LogP contribution in [0.5, 0.6) is 0 Å². The molecule has 142 valence electrons. The van der Waals surface area contributed by atoms with Crippen LogP contribution in [0.4, 0.5) is 5.69 Å². The van der Waals surface area contributed by atoms with Crippen LogP contribution >= 0.6 is 11.8 Å². The number of aryl methyl sites for hydroxylation is 1. The molecule has 3 N–H and O–H groups in total. The van der Waals surface area contributed by atoms with Gasteiger partial charge in [-0.2, -0.15) is 0 Å². The number of thioether (sulfide) groups is 1. The maximum absolute atomic E-state index is 12.9.